The van der Waals surface area contributed by atoms with Crippen LogP contribution in [0.2, 0.25) is 0 Å². The fourth-order valence-corrected chi connectivity index (χ4v) is 2.31. The first kappa shape index (κ1) is 12.1. The Bertz CT molecular complexity index is 479. The Morgan fingerprint density at radius 1 is 1.26 bits per heavy atom. The highest BCUT2D eigenvalue weighted by Gasteiger charge is 2.20. The van der Waals surface area contributed by atoms with Gasteiger partial charge in [0.2, 0.25) is 5.95 Å². The van der Waals surface area contributed by atoms with E-state index in [0.29, 0.717) is 6.04 Å². The molecular formula is C13H17N5O. The molecule has 0 spiro atoms. The first-order chi connectivity index (χ1) is 9.42. The van der Waals surface area contributed by atoms with Crippen LogP contribution in [0.25, 0.3) is 0 Å². The Morgan fingerprint density at radius 3 is 2.74 bits per heavy atom. The van der Waals surface area contributed by atoms with Crippen LogP contribution in [0.1, 0.15) is 18.6 Å². The summed E-state index contributed by atoms with van der Waals surface area (Å²) in [7, 11) is 0. The number of piperidine rings is 1. The minimum atomic E-state index is 0.519. The van der Waals surface area contributed by atoms with Crippen molar-refractivity contribution in [2.45, 2.75) is 25.4 Å². The van der Waals surface area contributed by atoms with E-state index in [-0.39, 0.29) is 0 Å². The zero-order chi connectivity index (χ0) is 12.9. The molecule has 0 aliphatic carbocycles. The molecule has 0 atom stereocenters. The SMILES string of the molecule is c1cnc(N2CCC(NCc3cnco3)CC2)nc1. The summed E-state index contributed by atoms with van der Waals surface area (Å²) in [4.78, 5) is 14.7. The Labute approximate surface area is 111 Å². The van der Waals surface area contributed by atoms with E-state index in [1.165, 1.54) is 6.39 Å². The lowest BCUT2D eigenvalue weighted by molar-refractivity contribution is 0.386. The smallest absolute Gasteiger partial charge is 0.225 e. The minimum Gasteiger partial charge on any atom is -0.447 e. The van der Waals surface area contributed by atoms with Crippen LogP contribution in [0.15, 0.2) is 35.5 Å². The summed E-state index contributed by atoms with van der Waals surface area (Å²) in [5, 5.41) is 3.49. The van der Waals surface area contributed by atoms with E-state index in [2.05, 4.69) is 25.2 Å². The summed E-state index contributed by atoms with van der Waals surface area (Å²) in [6.07, 6.45) is 8.97. The highest BCUT2D eigenvalue weighted by Crippen LogP contribution is 2.15. The molecule has 0 aromatic carbocycles. The molecule has 0 amide bonds. The molecule has 6 heteroatoms. The molecule has 3 rings (SSSR count). The third kappa shape index (κ3) is 3.08. The molecule has 1 fully saturated rings. The van der Waals surface area contributed by atoms with Gasteiger partial charge in [-0.3, -0.25) is 0 Å². The standard InChI is InChI=1S/C13H17N5O/c1-4-15-13(16-5-1)18-6-2-11(3-7-18)17-9-12-8-14-10-19-12/h1,4-5,8,10-11,17H,2-3,6-7,9H2. The van der Waals surface area contributed by atoms with E-state index in [1.807, 2.05) is 6.07 Å². The molecule has 1 N–H and O–H groups in total. The second-order valence-corrected chi connectivity index (χ2v) is 4.66. The van der Waals surface area contributed by atoms with Crippen LogP contribution < -0.4 is 10.2 Å². The third-order valence-electron chi connectivity index (χ3n) is 3.38. The average molecular weight is 259 g/mol. The average Bonchev–Trinajstić information content (AvgIpc) is 3.00. The van der Waals surface area contributed by atoms with Crippen LogP contribution >= 0.6 is 0 Å². The number of rotatable bonds is 4. The fourth-order valence-electron chi connectivity index (χ4n) is 2.31. The molecule has 100 valence electrons. The van der Waals surface area contributed by atoms with Crippen molar-refractivity contribution in [3.8, 4) is 0 Å². The number of aromatic nitrogens is 3. The lowest BCUT2D eigenvalue weighted by Crippen LogP contribution is -2.42. The van der Waals surface area contributed by atoms with Crippen LogP contribution in [-0.4, -0.2) is 34.1 Å². The molecule has 0 bridgehead atoms. The van der Waals surface area contributed by atoms with Crippen molar-refractivity contribution in [2.24, 2.45) is 0 Å². The first-order valence-corrected chi connectivity index (χ1v) is 6.54. The zero-order valence-electron chi connectivity index (χ0n) is 10.7. The van der Waals surface area contributed by atoms with Crippen molar-refractivity contribution in [3.05, 3.63) is 36.8 Å². The summed E-state index contributed by atoms with van der Waals surface area (Å²) < 4.78 is 5.21. The summed E-state index contributed by atoms with van der Waals surface area (Å²) in [5.41, 5.74) is 0. The predicted molar refractivity (Wildman–Crippen MR) is 70.6 cm³/mol. The van der Waals surface area contributed by atoms with Crippen molar-refractivity contribution >= 4 is 5.95 Å². The van der Waals surface area contributed by atoms with Crippen LogP contribution in [0.4, 0.5) is 5.95 Å². The van der Waals surface area contributed by atoms with Gasteiger partial charge in [-0.2, -0.15) is 0 Å². The molecule has 2 aromatic rings. The van der Waals surface area contributed by atoms with Crippen molar-refractivity contribution in [1.29, 1.82) is 0 Å². The topological polar surface area (TPSA) is 67.1 Å². The summed E-state index contributed by atoms with van der Waals surface area (Å²) >= 11 is 0. The van der Waals surface area contributed by atoms with E-state index in [9.17, 15) is 0 Å². The van der Waals surface area contributed by atoms with Gasteiger partial charge in [-0.25, -0.2) is 15.0 Å². The van der Waals surface area contributed by atoms with Gasteiger partial charge in [0.05, 0.1) is 12.7 Å². The minimum absolute atomic E-state index is 0.519. The van der Waals surface area contributed by atoms with E-state index >= 15 is 0 Å². The van der Waals surface area contributed by atoms with Crippen molar-refractivity contribution in [3.63, 3.8) is 0 Å². The van der Waals surface area contributed by atoms with Gasteiger partial charge in [0.25, 0.3) is 0 Å². The number of anilines is 1. The second kappa shape index (κ2) is 5.79. The molecule has 1 aliphatic rings. The number of oxazole rings is 1. The van der Waals surface area contributed by atoms with Gasteiger partial charge in [0, 0.05) is 31.5 Å². The molecular weight excluding hydrogens is 242 g/mol. The largest absolute Gasteiger partial charge is 0.447 e. The lowest BCUT2D eigenvalue weighted by atomic mass is 10.1. The number of hydrogen-bond donors (Lipinski definition) is 1. The van der Waals surface area contributed by atoms with Gasteiger partial charge in [-0.05, 0) is 18.9 Å². The molecule has 3 heterocycles. The quantitative estimate of drug-likeness (QED) is 0.890. The molecule has 1 saturated heterocycles. The Balaban J connectivity index is 1.47. The van der Waals surface area contributed by atoms with Crippen LogP contribution in [0, 0.1) is 0 Å². The van der Waals surface area contributed by atoms with E-state index in [4.69, 9.17) is 4.42 Å². The molecule has 2 aromatic heterocycles. The monoisotopic (exact) mass is 259 g/mol. The Hall–Kier alpha value is -1.95. The zero-order valence-corrected chi connectivity index (χ0v) is 10.7. The maximum absolute atomic E-state index is 5.21. The van der Waals surface area contributed by atoms with E-state index in [0.717, 1.165) is 44.2 Å². The Morgan fingerprint density at radius 2 is 2.05 bits per heavy atom. The van der Waals surface area contributed by atoms with E-state index in [1.54, 1.807) is 18.6 Å². The predicted octanol–water partition coefficient (Wildman–Crippen LogP) is 1.22. The van der Waals surface area contributed by atoms with Gasteiger partial charge in [0.1, 0.15) is 5.76 Å². The van der Waals surface area contributed by atoms with Crippen LogP contribution in [0.5, 0.6) is 0 Å². The van der Waals surface area contributed by atoms with Gasteiger partial charge in [-0.15, -0.1) is 0 Å². The molecule has 19 heavy (non-hydrogen) atoms. The summed E-state index contributed by atoms with van der Waals surface area (Å²) in [6, 6.07) is 2.36. The van der Waals surface area contributed by atoms with Gasteiger partial charge >= 0.3 is 0 Å². The lowest BCUT2D eigenvalue weighted by Gasteiger charge is -2.32. The molecule has 6 nitrogen and oxygen atoms in total. The Kier molecular flexibility index (Phi) is 3.69. The number of nitrogens with one attached hydrogen (secondary N) is 1. The van der Waals surface area contributed by atoms with Crippen molar-refractivity contribution in [1.82, 2.24) is 20.3 Å². The normalized spacial score (nSPS) is 16.7. The van der Waals surface area contributed by atoms with Crippen molar-refractivity contribution in [2.75, 3.05) is 18.0 Å². The first-order valence-electron chi connectivity index (χ1n) is 6.54. The fraction of sp³-hybridized carbons (Fsp3) is 0.462. The van der Waals surface area contributed by atoms with Crippen LogP contribution in [-0.2, 0) is 6.54 Å². The maximum Gasteiger partial charge on any atom is 0.225 e. The molecule has 0 radical (unpaired) electrons. The van der Waals surface area contributed by atoms with Gasteiger partial charge in [0.15, 0.2) is 6.39 Å². The molecule has 0 unspecified atom stereocenters. The van der Waals surface area contributed by atoms with Gasteiger partial charge in [-0.1, -0.05) is 0 Å². The van der Waals surface area contributed by atoms with Crippen LogP contribution in [0.3, 0.4) is 0 Å². The highest BCUT2D eigenvalue weighted by atomic mass is 16.3. The third-order valence-corrected chi connectivity index (χ3v) is 3.38. The summed E-state index contributed by atoms with van der Waals surface area (Å²) in [6.45, 7) is 2.71. The second-order valence-electron chi connectivity index (χ2n) is 4.66. The maximum atomic E-state index is 5.21. The number of nitrogens with zero attached hydrogens (tertiary/aromatic N) is 4. The molecule has 1 aliphatic heterocycles. The van der Waals surface area contributed by atoms with Gasteiger partial charge < -0.3 is 14.6 Å². The van der Waals surface area contributed by atoms with E-state index < -0.39 is 0 Å². The highest BCUT2D eigenvalue weighted by molar-refractivity contribution is 5.29. The van der Waals surface area contributed by atoms with Crippen molar-refractivity contribution < 1.29 is 4.42 Å². The number of hydrogen-bond acceptors (Lipinski definition) is 6. The summed E-state index contributed by atoms with van der Waals surface area (Å²) in [5.74, 6) is 1.71. The molecule has 0 saturated carbocycles.